The Kier molecular flexibility index (Phi) is 2.59. The lowest BCUT2D eigenvalue weighted by Gasteiger charge is -2.00. The Balaban J connectivity index is 1.63. The monoisotopic (exact) mass is 243 g/mol. The van der Waals surface area contributed by atoms with E-state index in [9.17, 15) is 4.79 Å². The summed E-state index contributed by atoms with van der Waals surface area (Å²) >= 11 is 0. The molecular formula is C13H13N3O2. The van der Waals surface area contributed by atoms with Crippen LogP contribution in [0.3, 0.4) is 0 Å². The molecule has 0 aliphatic heterocycles. The van der Waals surface area contributed by atoms with Crippen molar-refractivity contribution in [2.75, 3.05) is 5.32 Å². The highest BCUT2D eigenvalue weighted by Crippen LogP contribution is 2.47. The third kappa shape index (κ3) is 2.11. The molecule has 0 aromatic carbocycles. The van der Waals surface area contributed by atoms with Crippen molar-refractivity contribution >= 4 is 11.9 Å². The van der Waals surface area contributed by atoms with E-state index in [2.05, 4.69) is 15.3 Å². The van der Waals surface area contributed by atoms with Gasteiger partial charge in [0.1, 0.15) is 5.76 Å². The molecule has 0 radical (unpaired) electrons. The summed E-state index contributed by atoms with van der Waals surface area (Å²) < 4.78 is 5.22. The molecule has 2 aromatic heterocycles. The highest BCUT2D eigenvalue weighted by Gasteiger charge is 2.44. The Morgan fingerprint density at radius 1 is 1.50 bits per heavy atom. The number of oxazole rings is 1. The second-order valence-electron chi connectivity index (χ2n) is 4.50. The Morgan fingerprint density at radius 2 is 2.39 bits per heavy atom. The van der Waals surface area contributed by atoms with E-state index in [1.807, 2.05) is 18.3 Å². The number of nitrogens with one attached hydrogen (secondary N) is 1. The van der Waals surface area contributed by atoms with Crippen molar-refractivity contribution in [2.24, 2.45) is 5.92 Å². The summed E-state index contributed by atoms with van der Waals surface area (Å²) in [5, 5.41) is 2.69. The van der Waals surface area contributed by atoms with Crippen LogP contribution in [0, 0.1) is 12.8 Å². The average Bonchev–Trinajstić information content (AvgIpc) is 3.09. The van der Waals surface area contributed by atoms with Crippen LogP contribution in [0.1, 0.15) is 23.7 Å². The number of amides is 1. The first-order chi connectivity index (χ1) is 8.74. The molecule has 2 atom stereocenters. The molecular weight excluding hydrogens is 230 g/mol. The van der Waals surface area contributed by atoms with Crippen LogP contribution >= 0.6 is 0 Å². The van der Waals surface area contributed by atoms with E-state index in [1.165, 1.54) is 0 Å². The minimum atomic E-state index is -0.0364. The van der Waals surface area contributed by atoms with Gasteiger partial charge in [-0.3, -0.25) is 15.1 Å². The van der Waals surface area contributed by atoms with Crippen molar-refractivity contribution in [2.45, 2.75) is 19.3 Å². The van der Waals surface area contributed by atoms with Gasteiger partial charge >= 0.3 is 6.01 Å². The fourth-order valence-corrected chi connectivity index (χ4v) is 2.06. The fourth-order valence-electron chi connectivity index (χ4n) is 2.06. The second kappa shape index (κ2) is 4.25. The SMILES string of the molecule is Cc1cnc(NC(=O)[C@@H]2C[C@H]2c2cccnc2)o1. The first-order valence-electron chi connectivity index (χ1n) is 5.87. The van der Waals surface area contributed by atoms with Gasteiger partial charge in [0.15, 0.2) is 0 Å². The molecule has 3 rings (SSSR count). The summed E-state index contributed by atoms with van der Waals surface area (Å²) in [6, 6.07) is 4.16. The van der Waals surface area contributed by atoms with Gasteiger partial charge in [-0.2, -0.15) is 0 Å². The number of carbonyl (C=O) groups excluding carboxylic acids is 1. The number of pyridine rings is 1. The number of hydrogen-bond acceptors (Lipinski definition) is 4. The average molecular weight is 243 g/mol. The summed E-state index contributed by atoms with van der Waals surface area (Å²) in [7, 11) is 0. The third-order valence-corrected chi connectivity index (χ3v) is 3.09. The number of aryl methyl sites for hydroxylation is 1. The highest BCUT2D eigenvalue weighted by atomic mass is 16.4. The van der Waals surface area contributed by atoms with Gasteiger partial charge in [-0.25, -0.2) is 4.98 Å². The molecule has 2 aromatic rings. The summed E-state index contributed by atoms with van der Waals surface area (Å²) in [6.45, 7) is 1.79. The molecule has 0 spiro atoms. The molecule has 0 bridgehead atoms. The number of carbonyl (C=O) groups is 1. The predicted octanol–water partition coefficient (Wildman–Crippen LogP) is 2.12. The molecule has 1 aliphatic rings. The number of rotatable bonds is 3. The summed E-state index contributed by atoms with van der Waals surface area (Å²) in [4.78, 5) is 20.0. The molecule has 1 fully saturated rings. The topological polar surface area (TPSA) is 68.0 Å². The van der Waals surface area contributed by atoms with Crippen molar-refractivity contribution in [3.63, 3.8) is 0 Å². The van der Waals surface area contributed by atoms with E-state index in [0.717, 1.165) is 12.0 Å². The van der Waals surface area contributed by atoms with E-state index in [-0.39, 0.29) is 23.8 Å². The maximum atomic E-state index is 11.9. The highest BCUT2D eigenvalue weighted by molar-refractivity contribution is 5.93. The zero-order valence-electron chi connectivity index (χ0n) is 9.96. The summed E-state index contributed by atoms with van der Waals surface area (Å²) in [5.41, 5.74) is 1.11. The van der Waals surface area contributed by atoms with Crippen molar-refractivity contribution in [3.8, 4) is 0 Å². The standard InChI is InChI=1S/C13H13N3O2/c1-8-6-15-13(18-8)16-12(17)11-5-10(11)9-3-2-4-14-7-9/h2-4,6-7,10-11H,5H2,1H3,(H,15,16,17)/t10-,11+/m0/s1. The lowest BCUT2D eigenvalue weighted by molar-refractivity contribution is -0.117. The quantitative estimate of drug-likeness (QED) is 0.896. The summed E-state index contributed by atoms with van der Waals surface area (Å²) in [6.07, 6.45) is 5.99. The normalized spacial score (nSPS) is 21.6. The Labute approximate surface area is 104 Å². The molecule has 1 N–H and O–H groups in total. The van der Waals surface area contributed by atoms with Crippen molar-refractivity contribution in [3.05, 3.63) is 42.0 Å². The van der Waals surface area contributed by atoms with Crippen molar-refractivity contribution < 1.29 is 9.21 Å². The first kappa shape index (κ1) is 11.0. The predicted molar refractivity (Wildman–Crippen MR) is 65.0 cm³/mol. The van der Waals surface area contributed by atoms with Crippen LogP contribution in [-0.4, -0.2) is 15.9 Å². The van der Waals surface area contributed by atoms with E-state index in [4.69, 9.17) is 4.42 Å². The Morgan fingerprint density at radius 3 is 3.06 bits per heavy atom. The number of aromatic nitrogens is 2. The molecule has 0 unspecified atom stereocenters. The van der Waals surface area contributed by atoms with Crippen LogP contribution < -0.4 is 5.32 Å². The number of anilines is 1. The number of nitrogens with zero attached hydrogens (tertiary/aromatic N) is 2. The third-order valence-electron chi connectivity index (χ3n) is 3.09. The Hall–Kier alpha value is -2.17. The zero-order valence-corrected chi connectivity index (χ0v) is 9.96. The van der Waals surface area contributed by atoms with E-state index < -0.39 is 0 Å². The van der Waals surface area contributed by atoms with Crippen LogP contribution in [-0.2, 0) is 4.79 Å². The molecule has 5 heteroatoms. The van der Waals surface area contributed by atoms with Crippen LogP contribution in [0.15, 0.2) is 35.1 Å². The lowest BCUT2D eigenvalue weighted by atomic mass is 10.1. The number of hydrogen-bond donors (Lipinski definition) is 1. The maximum Gasteiger partial charge on any atom is 0.301 e. The maximum absolute atomic E-state index is 11.9. The molecule has 1 saturated carbocycles. The molecule has 2 heterocycles. The van der Waals surface area contributed by atoms with Crippen LogP contribution in [0.5, 0.6) is 0 Å². The van der Waals surface area contributed by atoms with Crippen molar-refractivity contribution in [1.82, 2.24) is 9.97 Å². The van der Waals surface area contributed by atoms with Gasteiger partial charge in [-0.1, -0.05) is 6.07 Å². The second-order valence-corrected chi connectivity index (χ2v) is 4.50. The smallest absolute Gasteiger partial charge is 0.301 e. The lowest BCUT2D eigenvalue weighted by Crippen LogP contribution is -2.14. The first-order valence-corrected chi connectivity index (χ1v) is 5.87. The Bertz CT molecular complexity index is 565. The van der Waals surface area contributed by atoms with Crippen molar-refractivity contribution in [1.29, 1.82) is 0 Å². The van der Waals surface area contributed by atoms with Gasteiger partial charge in [0, 0.05) is 18.3 Å². The zero-order chi connectivity index (χ0) is 12.5. The minimum Gasteiger partial charge on any atom is -0.429 e. The minimum absolute atomic E-state index is 0.00130. The largest absolute Gasteiger partial charge is 0.429 e. The van der Waals surface area contributed by atoms with E-state index in [0.29, 0.717) is 5.76 Å². The van der Waals surface area contributed by atoms with E-state index >= 15 is 0 Å². The summed E-state index contributed by atoms with van der Waals surface area (Å²) in [5.74, 6) is 0.923. The van der Waals surface area contributed by atoms with Crippen LogP contribution in [0.25, 0.3) is 0 Å². The van der Waals surface area contributed by atoms with Crippen LogP contribution in [0.2, 0.25) is 0 Å². The van der Waals surface area contributed by atoms with Gasteiger partial charge in [-0.15, -0.1) is 0 Å². The molecule has 92 valence electrons. The molecule has 1 aliphatic carbocycles. The van der Waals surface area contributed by atoms with Gasteiger partial charge in [0.2, 0.25) is 5.91 Å². The van der Waals surface area contributed by atoms with E-state index in [1.54, 1.807) is 19.3 Å². The van der Waals surface area contributed by atoms with Gasteiger partial charge < -0.3 is 4.42 Å². The molecule has 18 heavy (non-hydrogen) atoms. The molecule has 1 amide bonds. The van der Waals surface area contributed by atoms with Gasteiger partial charge in [0.25, 0.3) is 0 Å². The van der Waals surface area contributed by atoms with Gasteiger partial charge in [-0.05, 0) is 30.9 Å². The van der Waals surface area contributed by atoms with Crippen LogP contribution in [0.4, 0.5) is 6.01 Å². The fraction of sp³-hybridized carbons (Fsp3) is 0.308. The molecule has 5 nitrogen and oxygen atoms in total. The molecule has 0 saturated heterocycles. The van der Waals surface area contributed by atoms with Gasteiger partial charge in [0.05, 0.1) is 6.20 Å².